The zero-order chi connectivity index (χ0) is 23.5. The number of thiocarbonyl (C=S) groups is 1. The quantitative estimate of drug-likeness (QED) is 0.270. The van der Waals surface area contributed by atoms with Crippen LogP contribution in [0.15, 0.2) is 113 Å². The summed E-state index contributed by atoms with van der Waals surface area (Å²) in [6.07, 6.45) is 3.95. The highest BCUT2D eigenvalue weighted by atomic mass is 32.2. The smallest absolute Gasteiger partial charge is 0.270 e. The molecule has 0 N–H and O–H groups in total. The van der Waals surface area contributed by atoms with E-state index in [1.54, 1.807) is 16.7 Å². The van der Waals surface area contributed by atoms with Crippen molar-refractivity contribution >= 4 is 62.3 Å². The van der Waals surface area contributed by atoms with Gasteiger partial charge < -0.3 is 4.90 Å². The van der Waals surface area contributed by atoms with Gasteiger partial charge in [-0.2, -0.15) is 0 Å². The lowest BCUT2D eigenvalue weighted by Gasteiger charge is -2.21. The predicted molar refractivity (Wildman–Crippen MR) is 150 cm³/mol. The van der Waals surface area contributed by atoms with Crippen molar-refractivity contribution in [2.24, 2.45) is 0 Å². The van der Waals surface area contributed by atoms with Gasteiger partial charge in [0, 0.05) is 11.4 Å². The van der Waals surface area contributed by atoms with Crippen molar-refractivity contribution in [2.75, 3.05) is 11.4 Å². The van der Waals surface area contributed by atoms with Gasteiger partial charge in [0.25, 0.3) is 5.91 Å². The summed E-state index contributed by atoms with van der Waals surface area (Å²) in [6.45, 7) is 2.97. The van der Waals surface area contributed by atoms with Crippen molar-refractivity contribution in [1.29, 1.82) is 0 Å². The maximum Gasteiger partial charge on any atom is 0.270 e. The van der Waals surface area contributed by atoms with E-state index in [1.165, 1.54) is 33.5 Å². The first-order chi connectivity index (χ1) is 16.7. The van der Waals surface area contributed by atoms with Crippen molar-refractivity contribution in [2.45, 2.75) is 6.92 Å². The van der Waals surface area contributed by atoms with Crippen molar-refractivity contribution in [3.8, 4) is 0 Å². The molecule has 1 saturated heterocycles. The molecule has 6 heteroatoms. The van der Waals surface area contributed by atoms with Crippen LogP contribution in [0.3, 0.4) is 0 Å². The summed E-state index contributed by atoms with van der Waals surface area (Å²) in [5, 5.41) is 1.09. The summed E-state index contributed by atoms with van der Waals surface area (Å²) in [4.78, 5) is 18.9. The largest absolute Gasteiger partial charge is 0.335 e. The second-order valence-corrected chi connectivity index (χ2v) is 10.3. The van der Waals surface area contributed by atoms with Crippen LogP contribution in [0.1, 0.15) is 18.1 Å². The molecule has 0 spiro atoms. The van der Waals surface area contributed by atoms with Crippen molar-refractivity contribution in [3.05, 3.63) is 124 Å². The van der Waals surface area contributed by atoms with Gasteiger partial charge in [-0.05, 0) is 42.3 Å². The van der Waals surface area contributed by atoms with E-state index in [0.717, 1.165) is 17.3 Å². The van der Waals surface area contributed by atoms with E-state index in [1.807, 2.05) is 54.6 Å². The van der Waals surface area contributed by atoms with Crippen LogP contribution < -0.4 is 4.90 Å². The number of hydrogen-bond acceptors (Lipinski definition) is 5. The monoisotopic (exact) mass is 498 g/mol. The molecule has 0 radical (unpaired) electrons. The number of benzene rings is 3. The molecule has 1 fully saturated rings. The SMILES string of the molecule is CCN1C(c2ccccc2)=C(c2ccccc2)S/C1=C/C=C1\SC(=S)N(c2ccccc2)C1=O. The Labute approximate surface area is 213 Å². The highest BCUT2D eigenvalue weighted by molar-refractivity contribution is 8.27. The molecule has 5 rings (SSSR count). The summed E-state index contributed by atoms with van der Waals surface area (Å²) >= 11 is 8.60. The molecule has 0 aromatic heterocycles. The third-order valence-corrected chi connectivity index (χ3v) is 8.06. The molecule has 3 aromatic rings. The predicted octanol–water partition coefficient (Wildman–Crippen LogP) is 7.37. The molecule has 1 amide bonds. The standard InChI is InChI=1S/C28H22N2OS3/c1-2-29-24(19-18-23-27(31)30(28(32)33-23)22-16-10-5-11-17-22)34-26(21-14-8-4-9-15-21)25(29)20-12-6-3-7-13-20/h3-19H,2H2,1H3/b23-18-,24-19+. The number of thioether (sulfide) groups is 2. The van der Waals surface area contributed by atoms with E-state index < -0.39 is 0 Å². The number of hydrogen-bond donors (Lipinski definition) is 0. The maximum atomic E-state index is 13.1. The van der Waals surface area contributed by atoms with Crippen LogP contribution in [0.25, 0.3) is 10.6 Å². The zero-order valence-corrected chi connectivity index (χ0v) is 21.0. The number of carbonyl (C=O) groups is 1. The van der Waals surface area contributed by atoms with Crippen LogP contribution in [0.4, 0.5) is 5.69 Å². The van der Waals surface area contributed by atoms with Gasteiger partial charge in [0.05, 0.1) is 21.3 Å². The minimum atomic E-state index is -0.0800. The van der Waals surface area contributed by atoms with Crippen LogP contribution in [-0.4, -0.2) is 21.7 Å². The first-order valence-corrected chi connectivity index (χ1v) is 13.1. The third kappa shape index (κ3) is 4.37. The lowest BCUT2D eigenvalue weighted by atomic mass is 10.1. The van der Waals surface area contributed by atoms with Crippen LogP contribution in [0.5, 0.6) is 0 Å². The van der Waals surface area contributed by atoms with Crippen LogP contribution >= 0.6 is 35.7 Å². The molecule has 2 aliphatic heterocycles. The first-order valence-electron chi connectivity index (χ1n) is 11.0. The van der Waals surface area contributed by atoms with E-state index in [0.29, 0.717) is 9.23 Å². The second kappa shape index (κ2) is 10.1. The van der Waals surface area contributed by atoms with E-state index in [4.69, 9.17) is 12.2 Å². The lowest BCUT2D eigenvalue weighted by molar-refractivity contribution is -0.113. The second-order valence-electron chi connectivity index (χ2n) is 7.64. The summed E-state index contributed by atoms with van der Waals surface area (Å²) in [5.74, 6) is -0.0800. The lowest BCUT2D eigenvalue weighted by Crippen LogP contribution is -2.27. The summed E-state index contributed by atoms with van der Waals surface area (Å²) in [5.41, 5.74) is 4.35. The number of anilines is 1. The van der Waals surface area contributed by atoms with Gasteiger partial charge in [-0.1, -0.05) is 115 Å². The Morgan fingerprint density at radius 1 is 0.794 bits per heavy atom. The molecule has 2 aliphatic rings. The summed E-state index contributed by atoms with van der Waals surface area (Å²) in [7, 11) is 0. The van der Waals surface area contributed by atoms with Gasteiger partial charge in [-0.25, -0.2) is 0 Å². The number of carbonyl (C=O) groups excluding carboxylic acids is 1. The number of rotatable bonds is 5. The van der Waals surface area contributed by atoms with Gasteiger partial charge in [0.2, 0.25) is 0 Å². The average Bonchev–Trinajstić information content (AvgIpc) is 3.40. The Hall–Kier alpha value is -3.06. The summed E-state index contributed by atoms with van der Waals surface area (Å²) < 4.78 is 0.556. The molecule has 3 aromatic carbocycles. The third-order valence-electron chi connectivity index (χ3n) is 5.54. The normalized spacial score (nSPS) is 18.6. The Morgan fingerprint density at radius 3 is 2.00 bits per heavy atom. The molecule has 0 saturated carbocycles. The van der Waals surface area contributed by atoms with Crippen LogP contribution in [-0.2, 0) is 4.79 Å². The minimum absolute atomic E-state index is 0.0800. The molecule has 0 aliphatic carbocycles. The maximum absolute atomic E-state index is 13.1. The van der Waals surface area contributed by atoms with Crippen molar-refractivity contribution in [3.63, 3.8) is 0 Å². The fourth-order valence-corrected chi connectivity index (χ4v) is 6.47. The first kappa shape index (κ1) is 22.7. The Morgan fingerprint density at radius 2 is 1.38 bits per heavy atom. The topological polar surface area (TPSA) is 23.6 Å². The molecule has 0 atom stereocenters. The van der Waals surface area contributed by atoms with Crippen molar-refractivity contribution < 1.29 is 4.79 Å². The fourth-order valence-electron chi connectivity index (χ4n) is 3.98. The average molecular weight is 499 g/mol. The summed E-state index contributed by atoms with van der Waals surface area (Å²) in [6, 6.07) is 30.5. The number of nitrogens with zero attached hydrogens (tertiary/aromatic N) is 2. The Kier molecular flexibility index (Phi) is 6.72. The molecule has 0 unspecified atom stereocenters. The molecule has 0 bridgehead atoms. The van der Waals surface area contributed by atoms with E-state index >= 15 is 0 Å². The highest BCUT2D eigenvalue weighted by Crippen LogP contribution is 2.50. The van der Waals surface area contributed by atoms with Gasteiger partial charge >= 0.3 is 0 Å². The Bertz CT molecular complexity index is 1320. The van der Waals surface area contributed by atoms with Crippen molar-refractivity contribution in [1.82, 2.24) is 4.90 Å². The molecular formula is C28H22N2OS3. The zero-order valence-electron chi connectivity index (χ0n) is 18.5. The minimum Gasteiger partial charge on any atom is -0.335 e. The van der Waals surface area contributed by atoms with E-state index in [-0.39, 0.29) is 5.91 Å². The highest BCUT2D eigenvalue weighted by Gasteiger charge is 2.33. The van der Waals surface area contributed by atoms with Crippen LogP contribution in [0.2, 0.25) is 0 Å². The van der Waals surface area contributed by atoms with Crippen LogP contribution in [0, 0.1) is 0 Å². The molecular weight excluding hydrogens is 477 g/mol. The number of allylic oxidation sites excluding steroid dienone is 2. The number of para-hydroxylation sites is 1. The molecule has 34 heavy (non-hydrogen) atoms. The number of amides is 1. The van der Waals surface area contributed by atoms with Gasteiger partial charge in [-0.15, -0.1) is 0 Å². The fraction of sp³-hybridized carbons (Fsp3) is 0.0714. The molecule has 168 valence electrons. The molecule has 3 nitrogen and oxygen atoms in total. The molecule has 2 heterocycles. The van der Waals surface area contributed by atoms with Gasteiger partial charge in [0.1, 0.15) is 0 Å². The Balaban J connectivity index is 1.50. The van der Waals surface area contributed by atoms with E-state index in [2.05, 4.69) is 60.4 Å². The van der Waals surface area contributed by atoms with Gasteiger partial charge in [0.15, 0.2) is 4.32 Å². The van der Waals surface area contributed by atoms with E-state index in [9.17, 15) is 4.79 Å². The van der Waals surface area contributed by atoms with Gasteiger partial charge in [-0.3, -0.25) is 9.69 Å².